The third-order valence-corrected chi connectivity index (χ3v) is 3.82. The number of rotatable bonds is 6. The Kier molecular flexibility index (Phi) is 5.34. The maximum atomic E-state index is 10.5. The van der Waals surface area contributed by atoms with Crippen LogP contribution in [0.1, 0.15) is 22.9 Å². The fourth-order valence-electron chi connectivity index (χ4n) is 2.10. The number of hydrogen-bond acceptors (Lipinski definition) is 3. The van der Waals surface area contributed by atoms with E-state index in [0.29, 0.717) is 19.6 Å². The molecule has 4 nitrogen and oxygen atoms in total. The zero-order valence-electron chi connectivity index (χ0n) is 11.7. The van der Waals surface area contributed by atoms with Gasteiger partial charge in [-0.25, -0.2) is 0 Å². The van der Waals surface area contributed by atoms with Crippen LogP contribution in [-0.4, -0.2) is 28.6 Å². The van der Waals surface area contributed by atoms with Crippen LogP contribution in [0.5, 0.6) is 0 Å². The van der Waals surface area contributed by atoms with E-state index in [1.54, 1.807) is 18.0 Å². The number of nitrogens with zero attached hydrogens (tertiary/aromatic N) is 2. The van der Waals surface area contributed by atoms with Crippen molar-refractivity contribution in [2.24, 2.45) is 0 Å². The Balaban J connectivity index is 2.13. The Morgan fingerprint density at radius 2 is 2.05 bits per heavy atom. The predicted octanol–water partition coefficient (Wildman–Crippen LogP) is 2.88. The summed E-state index contributed by atoms with van der Waals surface area (Å²) in [5.74, 6) is 0. The molecule has 108 valence electrons. The van der Waals surface area contributed by atoms with Gasteiger partial charge in [-0.05, 0) is 28.4 Å². The number of ether oxygens (including phenoxy) is 1. The molecule has 0 spiro atoms. The second-order valence-electron chi connectivity index (χ2n) is 4.80. The molecule has 0 aliphatic rings. The van der Waals surface area contributed by atoms with Crippen molar-refractivity contribution in [3.63, 3.8) is 0 Å². The van der Waals surface area contributed by atoms with Gasteiger partial charge in [0.15, 0.2) is 0 Å². The summed E-state index contributed by atoms with van der Waals surface area (Å²) in [5.41, 5.74) is 3.12. The van der Waals surface area contributed by atoms with E-state index in [0.717, 1.165) is 15.7 Å². The van der Waals surface area contributed by atoms with Crippen molar-refractivity contribution in [1.29, 1.82) is 0 Å². The van der Waals surface area contributed by atoms with Gasteiger partial charge >= 0.3 is 0 Å². The summed E-state index contributed by atoms with van der Waals surface area (Å²) >= 11 is 3.45. The molecule has 0 radical (unpaired) electrons. The van der Waals surface area contributed by atoms with E-state index in [1.807, 2.05) is 12.1 Å². The third kappa shape index (κ3) is 3.69. The predicted molar refractivity (Wildman–Crippen MR) is 81.6 cm³/mol. The topological polar surface area (TPSA) is 47.3 Å². The van der Waals surface area contributed by atoms with Crippen LogP contribution in [0.15, 0.2) is 34.9 Å². The zero-order valence-corrected chi connectivity index (χ0v) is 13.3. The van der Waals surface area contributed by atoms with Gasteiger partial charge in [0.2, 0.25) is 0 Å². The summed E-state index contributed by atoms with van der Waals surface area (Å²) in [5, 5.41) is 14.7. The molecule has 1 heterocycles. The number of methoxy groups -OCH3 is 1. The lowest BCUT2D eigenvalue weighted by molar-refractivity contribution is 0.152. The zero-order chi connectivity index (χ0) is 14.5. The summed E-state index contributed by atoms with van der Waals surface area (Å²) in [4.78, 5) is 0. The lowest BCUT2D eigenvalue weighted by Crippen LogP contribution is -2.14. The van der Waals surface area contributed by atoms with Gasteiger partial charge in [0, 0.05) is 13.5 Å². The fourth-order valence-corrected chi connectivity index (χ4v) is 2.66. The van der Waals surface area contributed by atoms with Crippen LogP contribution in [0.2, 0.25) is 0 Å². The summed E-state index contributed by atoms with van der Waals surface area (Å²) in [6.07, 6.45) is 1.69. The third-order valence-electron chi connectivity index (χ3n) is 3.21. The standard InChI is InChI=1S/C15H19BrN2O2/c1-11-3-5-12(6-4-11)9-14(19)15-13(16)10-17-18(15)7-8-20-2/h3-6,10,14,19H,7-9H2,1-2H3. The highest BCUT2D eigenvalue weighted by Crippen LogP contribution is 2.26. The molecule has 1 N–H and O–H groups in total. The molecule has 0 amide bonds. The summed E-state index contributed by atoms with van der Waals surface area (Å²) < 4.78 is 7.67. The average molecular weight is 339 g/mol. The minimum Gasteiger partial charge on any atom is -0.386 e. The van der Waals surface area contributed by atoms with Gasteiger partial charge in [0.1, 0.15) is 6.10 Å². The van der Waals surface area contributed by atoms with Crippen LogP contribution < -0.4 is 0 Å². The Labute approximate surface area is 127 Å². The van der Waals surface area contributed by atoms with Crippen LogP contribution in [0.25, 0.3) is 0 Å². The maximum Gasteiger partial charge on any atom is 0.101 e. The van der Waals surface area contributed by atoms with Gasteiger partial charge < -0.3 is 9.84 Å². The highest BCUT2D eigenvalue weighted by molar-refractivity contribution is 9.10. The Hall–Kier alpha value is -1.17. The van der Waals surface area contributed by atoms with Gasteiger partial charge in [-0.2, -0.15) is 5.10 Å². The quantitative estimate of drug-likeness (QED) is 0.880. The van der Waals surface area contributed by atoms with Crippen LogP contribution in [-0.2, 0) is 17.7 Å². The first-order valence-electron chi connectivity index (χ1n) is 6.55. The number of benzene rings is 1. The lowest BCUT2D eigenvalue weighted by Gasteiger charge is -2.14. The lowest BCUT2D eigenvalue weighted by atomic mass is 10.0. The van der Waals surface area contributed by atoms with E-state index < -0.39 is 6.10 Å². The first-order chi connectivity index (χ1) is 9.61. The molecule has 0 fully saturated rings. The second-order valence-corrected chi connectivity index (χ2v) is 5.65. The van der Waals surface area contributed by atoms with Crippen molar-refractivity contribution in [3.05, 3.63) is 51.8 Å². The molecule has 0 saturated carbocycles. The van der Waals surface area contributed by atoms with E-state index in [2.05, 4.69) is 40.1 Å². The largest absolute Gasteiger partial charge is 0.386 e. The number of aliphatic hydroxyl groups is 1. The molecule has 0 aliphatic carbocycles. The van der Waals surface area contributed by atoms with Gasteiger partial charge in [0.25, 0.3) is 0 Å². The highest BCUT2D eigenvalue weighted by atomic mass is 79.9. The second kappa shape index (κ2) is 7.02. The monoisotopic (exact) mass is 338 g/mol. The number of halogens is 1. The first-order valence-corrected chi connectivity index (χ1v) is 7.35. The summed E-state index contributed by atoms with van der Waals surface area (Å²) in [6, 6.07) is 8.20. The fraction of sp³-hybridized carbons (Fsp3) is 0.400. The van der Waals surface area contributed by atoms with Crippen molar-refractivity contribution >= 4 is 15.9 Å². The van der Waals surface area contributed by atoms with Gasteiger partial charge in [-0.15, -0.1) is 0 Å². The van der Waals surface area contributed by atoms with Gasteiger partial charge in [-0.1, -0.05) is 29.8 Å². The minimum absolute atomic E-state index is 0.567. The number of aromatic nitrogens is 2. The molecular weight excluding hydrogens is 320 g/mol. The van der Waals surface area contributed by atoms with Crippen molar-refractivity contribution in [2.75, 3.05) is 13.7 Å². The Bertz CT molecular complexity index is 552. The van der Waals surface area contributed by atoms with Crippen molar-refractivity contribution in [2.45, 2.75) is 26.0 Å². The molecule has 1 unspecified atom stereocenters. The molecule has 0 saturated heterocycles. The molecule has 2 rings (SSSR count). The number of hydrogen-bond donors (Lipinski definition) is 1. The number of aliphatic hydroxyl groups excluding tert-OH is 1. The van der Waals surface area contributed by atoms with Crippen LogP contribution >= 0.6 is 15.9 Å². The molecule has 5 heteroatoms. The van der Waals surface area contributed by atoms with E-state index in [-0.39, 0.29) is 0 Å². The SMILES string of the molecule is COCCn1ncc(Br)c1C(O)Cc1ccc(C)cc1. The molecule has 0 bridgehead atoms. The Morgan fingerprint density at radius 1 is 1.35 bits per heavy atom. The van der Waals surface area contributed by atoms with Crippen molar-refractivity contribution in [3.8, 4) is 0 Å². The summed E-state index contributed by atoms with van der Waals surface area (Å²) in [6.45, 7) is 3.25. The van der Waals surface area contributed by atoms with E-state index >= 15 is 0 Å². The van der Waals surface area contributed by atoms with E-state index in [1.165, 1.54) is 5.56 Å². The molecular formula is C15H19BrN2O2. The van der Waals surface area contributed by atoms with Gasteiger partial charge in [0.05, 0.1) is 29.5 Å². The van der Waals surface area contributed by atoms with E-state index in [4.69, 9.17) is 4.74 Å². The molecule has 2 aromatic rings. The molecule has 0 aliphatic heterocycles. The molecule has 20 heavy (non-hydrogen) atoms. The van der Waals surface area contributed by atoms with Gasteiger partial charge in [-0.3, -0.25) is 4.68 Å². The van der Waals surface area contributed by atoms with Crippen molar-refractivity contribution in [1.82, 2.24) is 9.78 Å². The maximum absolute atomic E-state index is 10.5. The minimum atomic E-state index is -0.591. The Morgan fingerprint density at radius 3 is 2.70 bits per heavy atom. The number of aryl methyl sites for hydroxylation is 1. The van der Waals surface area contributed by atoms with Crippen LogP contribution in [0, 0.1) is 6.92 Å². The smallest absolute Gasteiger partial charge is 0.101 e. The van der Waals surface area contributed by atoms with Crippen molar-refractivity contribution < 1.29 is 9.84 Å². The van der Waals surface area contributed by atoms with E-state index in [9.17, 15) is 5.11 Å². The molecule has 1 atom stereocenters. The normalized spacial score (nSPS) is 12.6. The average Bonchev–Trinajstić information content (AvgIpc) is 2.80. The molecule has 1 aromatic heterocycles. The summed E-state index contributed by atoms with van der Waals surface area (Å²) in [7, 11) is 1.65. The van der Waals surface area contributed by atoms with Crippen LogP contribution in [0.3, 0.4) is 0 Å². The van der Waals surface area contributed by atoms with Crippen LogP contribution in [0.4, 0.5) is 0 Å². The first kappa shape index (κ1) is 15.2. The molecule has 1 aromatic carbocycles. The highest BCUT2D eigenvalue weighted by Gasteiger charge is 2.18.